The van der Waals surface area contributed by atoms with Crippen LogP contribution in [-0.4, -0.2) is 66.2 Å². The van der Waals surface area contributed by atoms with E-state index in [4.69, 9.17) is 14.2 Å². The molecule has 0 aliphatic heterocycles. The number of nitrogens with zero attached hydrogens (tertiary/aromatic N) is 2. The second kappa shape index (κ2) is 11.9. The molecule has 1 amide bonds. The number of hydrazone groups is 1. The molecule has 0 fully saturated rings. The molecule has 1 N–H and O–H groups in total. The van der Waals surface area contributed by atoms with Crippen LogP contribution in [0.2, 0.25) is 0 Å². The van der Waals surface area contributed by atoms with Gasteiger partial charge >= 0.3 is 0 Å². The molecule has 2 heterocycles. The molecular weight excluding hydrogens is 534 g/mol. The van der Waals surface area contributed by atoms with E-state index in [1.54, 1.807) is 38.1 Å². The summed E-state index contributed by atoms with van der Waals surface area (Å²) in [4.78, 5) is 12.5. The fourth-order valence-electron chi connectivity index (χ4n) is 4.09. The van der Waals surface area contributed by atoms with Gasteiger partial charge in [0.25, 0.3) is 5.91 Å². The highest BCUT2D eigenvalue weighted by atomic mass is 32.2. The average Bonchev–Trinajstić information content (AvgIpc) is 3.25. The van der Waals surface area contributed by atoms with Gasteiger partial charge in [0.2, 0.25) is 5.75 Å². The van der Waals surface area contributed by atoms with Gasteiger partial charge in [0.05, 0.1) is 44.6 Å². The number of rotatable bonds is 12. The van der Waals surface area contributed by atoms with Crippen molar-refractivity contribution in [3.05, 3.63) is 47.8 Å². The van der Waals surface area contributed by atoms with E-state index in [0.717, 1.165) is 0 Å². The van der Waals surface area contributed by atoms with E-state index < -0.39 is 30.5 Å². The highest BCUT2D eigenvalue weighted by Crippen LogP contribution is 2.38. The summed E-state index contributed by atoms with van der Waals surface area (Å²) in [6, 6.07) is 7.85. The maximum Gasteiger partial charge on any atom is 0.289 e. The van der Waals surface area contributed by atoms with Crippen LogP contribution in [0.3, 0.4) is 0 Å². The van der Waals surface area contributed by atoms with Crippen LogP contribution in [0.25, 0.3) is 5.52 Å². The van der Waals surface area contributed by atoms with Crippen LogP contribution in [0, 0.1) is 0 Å². The van der Waals surface area contributed by atoms with Gasteiger partial charge in [0, 0.05) is 11.8 Å². The number of aromatic nitrogens is 1. The first-order chi connectivity index (χ1) is 18.1. The van der Waals surface area contributed by atoms with Crippen molar-refractivity contribution in [2.75, 3.05) is 32.8 Å². The first-order valence-electron chi connectivity index (χ1n) is 11.8. The second-order valence-electron chi connectivity index (χ2n) is 8.26. The van der Waals surface area contributed by atoms with Crippen molar-refractivity contribution >= 4 is 37.3 Å². The van der Waals surface area contributed by atoms with Gasteiger partial charge < -0.3 is 18.6 Å². The van der Waals surface area contributed by atoms with Gasteiger partial charge in [0.15, 0.2) is 31.2 Å². The Labute approximate surface area is 222 Å². The smallest absolute Gasteiger partial charge is 0.289 e. The molecular formula is C25H31N3O8S2. The minimum Gasteiger partial charge on any atom is -0.493 e. The normalized spacial score (nSPS) is 12.1. The van der Waals surface area contributed by atoms with Gasteiger partial charge in [-0.2, -0.15) is 5.10 Å². The molecule has 3 aromatic rings. The Hall–Kier alpha value is -3.58. The summed E-state index contributed by atoms with van der Waals surface area (Å²) in [6.07, 6.45) is 3.28. The summed E-state index contributed by atoms with van der Waals surface area (Å²) < 4.78 is 70.4. The minimum atomic E-state index is -4.14. The number of pyridine rings is 1. The Kier molecular flexibility index (Phi) is 9.05. The Morgan fingerprint density at radius 3 is 2.03 bits per heavy atom. The highest BCUT2D eigenvalue weighted by molar-refractivity contribution is 7.94. The van der Waals surface area contributed by atoms with E-state index >= 15 is 0 Å². The minimum absolute atomic E-state index is 0.106. The molecule has 0 atom stereocenters. The first kappa shape index (κ1) is 29.0. The van der Waals surface area contributed by atoms with Crippen molar-refractivity contribution in [3.8, 4) is 17.2 Å². The molecule has 206 valence electrons. The summed E-state index contributed by atoms with van der Waals surface area (Å²) in [5, 5.41) is 3.97. The van der Waals surface area contributed by atoms with Crippen LogP contribution in [0.1, 0.15) is 42.7 Å². The number of nitrogens with one attached hydrogen (secondary N) is 1. The van der Waals surface area contributed by atoms with E-state index in [1.165, 1.54) is 44.2 Å². The van der Waals surface area contributed by atoms with Crippen LogP contribution in [0.4, 0.5) is 0 Å². The zero-order valence-corrected chi connectivity index (χ0v) is 23.5. The molecule has 11 nitrogen and oxygen atoms in total. The SMILES string of the molecule is CCCS(=O)(=O)c1c(S(=O)(=O)CCC)c2ccccn2c1C(=O)N/N=C\c1cc(OC)c(OC)c(OC)c1. The number of carbonyl (C=O) groups excluding carboxylic acids is 1. The van der Waals surface area contributed by atoms with Gasteiger partial charge in [-0.15, -0.1) is 0 Å². The van der Waals surface area contributed by atoms with E-state index in [-0.39, 0.29) is 40.5 Å². The number of hydrogen-bond donors (Lipinski definition) is 1. The molecule has 0 aliphatic carbocycles. The number of hydrogen-bond acceptors (Lipinski definition) is 9. The van der Waals surface area contributed by atoms with E-state index in [9.17, 15) is 21.6 Å². The zero-order chi connectivity index (χ0) is 28.1. The van der Waals surface area contributed by atoms with Gasteiger partial charge in [-0.3, -0.25) is 4.79 Å². The van der Waals surface area contributed by atoms with E-state index in [2.05, 4.69) is 10.5 Å². The molecule has 0 aliphatic rings. The van der Waals surface area contributed by atoms with Crippen LogP contribution >= 0.6 is 0 Å². The number of sulfone groups is 2. The summed E-state index contributed by atoms with van der Waals surface area (Å²) in [5.41, 5.74) is 2.60. The molecule has 38 heavy (non-hydrogen) atoms. The number of methoxy groups -OCH3 is 3. The third-order valence-electron chi connectivity index (χ3n) is 5.60. The van der Waals surface area contributed by atoms with Crippen molar-refractivity contribution in [3.63, 3.8) is 0 Å². The molecule has 0 saturated carbocycles. The Morgan fingerprint density at radius 2 is 1.50 bits per heavy atom. The molecule has 3 rings (SSSR count). The maximum absolute atomic E-state index is 13.4. The molecule has 1 aromatic carbocycles. The second-order valence-corrected chi connectivity index (χ2v) is 12.4. The molecule has 0 unspecified atom stereocenters. The lowest BCUT2D eigenvalue weighted by molar-refractivity contribution is 0.0945. The maximum atomic E-state index is 13.4. The standard InChI is InChI=1S/C25H31N3O8S2/c1-6-12-37(30,31)23-18-10-8-9-11-28(18)21(24(23)38(32,33)13-7-2)25(29)27-26-16-17-14-19(34-3)22(36-5)20(15-17)35-4/h8-11,14-16H,6-7,12-13H2,1-5H3,(H,27,29)/b26-16-. The molecule has 13 heteroatoms. The van der Waals surface area contributed by atoms with Gasteiger partial charge in [0.1, 0.15) is 15.5 Å². The Morgan fingerprint density at radius 1 is 0.921 bits per heavy atom. The van der Waals surface area contributed by atoms with Crippen LogP contribution in [-0.2, 0) is 19.7 Å². The molecule has 0 saturated heterocycles. The van der Waals surface area contributed by atoms with E-state index in [1.807, 2.05) is 0 Å². The lowest BCUT2D eigenvalue weighted by Gasteiger charge is -2.12. The van der Waals surface area contributed by atoms with Crippen molar-refractivity contribution < 1.29 is 35.8 Å². The quantitative estimate of drug-likeness (QED) is 0.261. The molecule has 0 radical (unpaired) electrons. The number of fused-ring (bicyclic) bond motifs is 1. The lowest BCUT2D eigenvalue weighted by Crippen LogP contribution is -2.23. The number of ether oxygens (including phenoxy) is 3. The summed E-state index contributed by atoms with van der Waals surface area (Å²) in [7, 11) is -3.78. The predicted octanol–water partition coefficient (Wildman–Crippen LogP) is 3.10. The third kappa shape index (κ3) is 5.63. The molecule has 0 bridgehead atoms. The first-order valence-corrected chi connectivity index (χ1v) is 15.1. The van der Waals surface area contributed by atoms with Crippen LogP contribution < -0.4 is 19.6 Å². The van der Waals surface area contributed by atoms with Gasteiger partial charge in [-0.25, -0.2) is 22.3 Å². The number of amides is 1. The third-order valence-corrected chi connectivity index (χ3v) is 9.68. The highest BCUT2D eigenvalue weighted by Gasteiger charge is 2.36. The Bertz CT molecular complexity index is 1550. The summed E-state index contributed by atoms with van der Waals surface area (Å²) >= 11 is 0. The fourth-order valence-corrected chi connectivity index (χ4v) is 8.08. The largest absolute Gasteiger partial charge is 0.493 e. The topological polar surface area (TPSA) is 142 Å². The van der Waals surface area contributed by atoms with Crippen molar-refractivity contribution in [1.82, 2.24) is 9.83 Å². The average molecular weight is 566 g/mol. The van der Waals surface area contributed by atoms with Crippen molar-refractivity contribution in [2.45, 2.75) is 36.5 Å². The van der Waals surface area contributed by atoms with E-state index in [0.29, 0.717) is 22.8 Å². The predicted molar refractivity (Wildman–Crippen MR) is 143 cm³/mol. The Balaban J connectivity index is 2.15. The number of benzene rings is 1. The van der Waals surface area contributed by atoms with Crippen LogP contribution in [0.15, 0.2) is 51.4 Å². The van der Waals surface area contributed by atoms with Gasteiger partial charge in [-0.1, -0.05) is 19.9 Å². The zero-order valence-electron chi connectivity index (χ0n) is 21.8. The summed E-state index contributed by atoms with van der Waals surface area (Å²) in [6.45, 7) is 3.34. The molecule has 2 aromatic heterocycles. The molecule has 0 spiro atoms. The van der Waals surface area contributed by atoms with Crippen molar-refractivity contribution in [1.29, 1.82) is 0 Å². The number of carbonyl (C=O) groups is 1. The summed E-state index contributed by atoms with van der Waals surface area (Å²) in [5.74, 6) is -0.360. The van der Waals surface area contributed by atoms with Gasteiger partial charge in [-0.05, 0) is 37.1 Å². The monoisotopic (exact) mass is 565 g/mol. The van der Waals surface area contributed by atoms with Crippen LogP contribution in [0.5, 0.6) is 17.2 Å². The lowest BCUT2D eigenvalue weighted by atomic mass is 10.2. The fraction of sp³-hybridized carbons (Fsp3) is 0.360. The van der Waals surface area contributed by atoms with Crippen molar-refractivity contribution in [2.24, 2.45) is 5.10 Å².